The number of rotatable bonds is 2. The third-order valence-electron chi connectivity index (χ3n) is 2.93. The van der Waals surface area contributed by atoms with Crippen LogP contribution >= 0.6 is 0 Å². The Morgan fingerprint density at radius 1 is 1.33 bits per heavy atom. The molecule has 0 amide bonds. The van der Waals surface area contributed by atoms with Crippen LogP contribution in [0.25, 0.3) is 11.4 Å². The number of nitrogens with two attached hydrogens (primary N) is 1. The Morgan fingerprint density at radius 2 is 2.11 bits per heavy atom. The van der Waals surface area contributed by atoms with Crippen molar-refractivity contribution in [3.8, 4) is 17.1 Å². The van der Waals surface area contributed by atoms with Crippen LogP contribution < -0.4 is 10.5 Å². The Bertz CT molecular complexity index is 574. The molecule has 0 spiro atoms. The fraction of sp³-hybridized carbons (Fsp3) is 0.231. The van der Waals surface area contributed by atoms with E-state index in [1.807, 2.05) is 0 Å². The highest BCUT2D eigenvalue weighted by atomic mass is 19.1. The van der Waals surface area contributed by atoms with E-state index >= 15 is 0 Å². The van der Waals surface area contributed by atoms with E-state index in [0.29, 0.717) is 30.1 Å². The maximum atomic E-state index is 13.6. The molecule has 5 heteroatoms. The van der Waals surface area contributed by atoms with E-state index in [4.69, 9.17) is 10.5 Å². The molecule has 1 unspecified atom stereocenters. The van der Waals surface area contributed by atoms with E-state index in [1.54, 1.807) is 18.5 Å². The third kappa shape index (κ3) is 1.82. The lowest BCUT2D eigenvalue weighted by molar-refractivity contribution is 0.242. The molecule has 1 aliphatic heterocycles. The predicted octanol–water partition coefficient (Wildman–Crippen LogP) is 1.54. The quantitative estimate of drug-likeness (QED) is 0.872. The van der Waals surface area contributed by atoms with E-state index in [-0.39, 0.29) is 11.9 Å². The predicted molar refractivity (Wildman–Crippen MR) is 64.6 cm³/mol. The van der Waals surface area contributed by atoms with Crippen LogP contribution in [-0.2, 0) is 6.42 Å². The summed E-state index contributed by atoms with van der Waals surface area (Å²) in [6.45, 7) is 0.408. The van der Waals surface area contributed by atoms with Gasteiger partial charge in [0.25, 0.3) is 0 Å². The largest absolute Gasteiger partial charge is 0.488 e. The van der Waals surface area contributed by atoms with Crippen molar-refractivity contribution in [3.05, 3.63) is 42.0 Å². The fourth-order valence-electron chi connectivity index (χ4n) is 2.13. The monoisotopic (exact) mass is 245 g/mol. The molecule has 2 heterocycles. The van der Waals surface area contributed by atoms with Crippen molar-refractivity contribution in [1.29, 1.82) is 0 Å². The third-order valence-corrected chi connectivity index (χ3v) is 2.93. The van der Waals surface area contributed by atoms with Crippen LogP contribution in [0.5, 0.6) is 5.75 Å². The Hall–Kier alpha value is -2.01. The van der Waals surface area contributed by atoms with Crippen molar-refractivity contribution < 1.29 is 9.13 Å². The Kier molecular flexibility index (Phi) is 2.68. The van der Waals surface area contributed by atoms with Gasteiger partial charge in [0.15, 0.2) is 5.82 Å². The fourth-order valence-corrected chi connectivity index (χ4v) is 2.13. The minimum Gasteiger partial charge on any atom is -0.488 e. The summed E-state index contributed by atoms with van der Waals surface area (Å²) < 4.78 is 19.3. The van der Waals surface area contributed by atoms with Crippen LogP contribution in [0.15, 0.2) is 30.6 Å². The second-order valence-electron chi connectivity index (χ2n) is 4.19. The van der Waals surface area contributed by atoms with Crippen molar-refractivity contribution in [2.45, 2.75) is 12.5 Å². The summed E-state index contributed by atoms with van der Waals surface area (Å²) in [5, 5.41) is 0. The summed E-state index contributed by atoms with van der Waals surface area (Å²) in [4.78, 5) is 8.26. The summed E-state index contributed by atoms with van der Waals surface area (Å²) in [6, 6.07) is 4.59. The molecule has 0 saturated carbocycles. The van der Waals surface area contributed by atoms with Gasteiger partial charge in [0.2, 0.25) is 0 Å². The van der Waals surface area contributed by atoms with Gasteiger partial charge < -0.3 is 10.5 Å². The number of benzene rings is 1. The van der Waals surface area contributed by atoms with Gasteiger partial charge in [0.1, 0.15) is 17.7 Å². The topological polar surface area (TPSA) is 61.0 Å². The lowest BCUT2D eigenvalue weighted by atomic mass is 10.1. The second kappa shape index (κ2) is 4.34. The average molecular weight is 245 g/mol. The van der Waals surface area contributed by atoms with E-state index in [2.05, 4.69) is 9.97 Å². The van der Waals surface area contributed by atoms with Crippen LogP contribution in [0.4, 0.5) is 4.39 Å². The summed E-state index contributed by atoms with van der Waals surface area (Å²) in [5.74, 6) is 0.807. The van der Waals surface area contributed by atoms with Crippen molar-refractivity contribution in [1.82, 2.24) is 9.97 Å². The van der Waals surface area contributed by atoms with Gasteiger partial charge in [-0.25, -0.2) is 14.4 Å². The highest BCUT2D eigenvalue weighted by Crippen LogP contribution is 2.37. The van der Waals surface area contributed by atoms with Crippen LogP contribution in [0.1, 0.15) is 5.56 Å². The standard InChI is InChI=1S/C13H12FN3O/c14-9-4-8-5-10(7-15)18-12(8)11(6-9)13-16-2-1-3-17-13/h1-4,6,10H,5,7,15H2. The number of nitrogens with zero attached hydrogens (tertiary/aromatic N) is 2. The van der Waals surface area contributed by atoms with Gasteiger partial charge >= 0.3 is 0 Å². The molecule has 0 bridgehead atoms. The molecule has 4 nitrogen and oxygen atoms in total. The average Bonchev–Trinajstić information content (AvgIpc) is 2.81. The zero-order valence-electron chi connectivity index (χ0n) is 9.64. The first-order chi connectivity index (χ1) is 8.78. The number of ether oxygens (including phenoxy) is 1. The first-order valence-electron chi connectivity index (χ1n) is 5.74. The number of aromatic nitrogens is 2. The first kappa shape index (κ1) is 11.1. The number of fused-ring (bicyclic) bond motifs is 1. The molecule has 2 aromatic rings. The van der Waals surface area contributed by atoms with Crippen LogP contribution in [0, 0.1) is 5.82 Å². The maximum Gasteiger partial charge on any atom is 0.162 e. The first-order valence-corrected chi connectivity index (χ1v) is 5.74. The lowest BCUT2D eigenvalue weighted by Crippen LogP contribution is -2.24. The molecule has 2 N–H and O–H groups in total. The van der Waals surface area contributed by atoms with E-state index in [0.717, 1.165) is 5.56 Å². The molecular weight excluding hydrogens is 233 g/mol. The van der Waals surface area contributed by atoms with Crippen LogP contribution in [0.3, 0.4) is 0 Å². The normalized spacial score (nSPS) is 17.3. The smallest absolute Gasteiger partial charge is 0.162 e. The molecule has 0 aliphatic carbocycles. The van der Waals surface area contributed by atoms with Crippen LogP contribution in [0.2, 0.25) is 0 Å². The SMILES string of the molecule is NCC1Cc2cc(F)cc(-c3ncccn3)c2O1. The van der Waals surface area contributed by atoms with Gasteiger partial charge in [0, 0.05) is 30.9 Å². The Morgan fingerprint density at radius 3 is 2.83 bits per heavy atom. The zero-order chi connectivity index (χ0) is 12.5. The summed E-state index contributed by atoms with van der Waals surface area (Å²) in [5.41, 5.74) is 7.00. The second-order valence-corrected chi connectivity index (χ2v) is 4.19. The van der Waals surface area contributed by atoms with E-state index < -0.39 is 0 Å². The van der Waals surface area contributed by atoms with E-state index in [1.165, 1.54) is 12.1 Å². The Labute approximate surface area is 104 Å². The molecular formula is C13H12FN3O. The molecule has 92 valence electrons. The van der Waals surface area contributed by atoms with Gasteiger partial charge in [-0.15, -0.1) is 0 Å². The number of halogens is 1. The van der Waals surface area contributed by atoms with Gasteiger partial charge in [-0.3, -0.25) is 0 Å². The highest BCUT2D eigenvalue weighted by Gasteiger charge is 2.26. The molecule has 0 radical (unpaired) electrons. The number of hydrogen-bond acceptors (Lipinski definition) is 4. The molecule has 0 saturated heterocycles. The Balaban J connectivity index is 2.12. The molecule has 18 heavy (non-hydrogen) atoms. The van der Waals surface area contributed by atoms with Crippen molar-refractivity contribution in [3.63, 3.8) is 0 Å². The van der Waals surface area contributed by atoms with Gasteiger partial charge in [-0.05, 0) is 18.2 Å². The molecule has 1 aliphatic rings. The summed E-state index contributed by atoms with van der Waals surface area (Å²) in [6.07, 6.45) is 3.78. The molecule has 3 rings (SSSR count). The summed E-state index contributed by atoms with van der Waals surface area (Å²) in [7, 11) is 0. The minimum atomic E-state index is -0.308. The lowest BCUT2D eigenvalue weighted by Gasteiger charge is -2.09. The molecule has 1 atom stereocenters. The van der Waals surface area contributed by atoms with Crippen molar-refractivity contribution in [2.75, 3.05) is 6.54 Å². The van der Waals surface area contributed by atoms with Crippen molar-refractivity contribution >= 4 is 0 Å². The van der Waals surface area contributed by atoms with Gasteiger partial charge in [-0.1, -0.05) is 0 Å². The van der Waals surface area contributed by atoms with E-state index in [9.17, 15) is 4.39 Å². The summed E-state index contributed by atoms with van der Waals surface area (Å²) >= 11 is 0. The van der Waals surface area contributed by atoms with Crippen molar-refractivity contribution in [2.24, 2.45) is 5.73 Å². The minimum absolute atomic E-state index is 0.0933. The zero-order valence-corrected chi connectivity index (χ0v) is 9.64. The molecule has 1 aromatic heterocycles. The van der Waals surface area contributed by atoms with Gasteiger partial charge in [-0.2, -0.15) is 0 Å². The molecule has 1 aromatic carbocycles. The maximum absolute atomic E-state index is 13.6. The highest BCUT2D eigenvalue weighted by molar-refractivity contribution is 5.67. The molecule has 0 fully saturated rings. The van der Waals surface area contributed by atoms with Crippen LogP contribution in [-0.4, -0.2) is 22.6 Å². The van der Waals surface area contributed by atoms with Gasteiger partial charge in [0.05, 0.1) is 5.56 Å². The number of hydrogen-bond donors (Lipinski definition) is 1.